The molecule has 0 saturated heterocycles. The third kappa shape index (κ3) is 4.77. The smallest absolute Gasteiger partial charge is 0.0582 e. The molecule has 2 nitrogen and oxygen atoms in total. The van der Waals surface area contributed by atoms with Gasteiger partial charge in [0.05, 0.1) is 6.61 Å². The summed E-state index contributed by atoms with van der Waals surface area (Å²) in [5.74, 6) is 0. The second kappa shape index (κ2) is 7.42. The first kappa shape index (κ1) is 13.2. The first-order chi connectivity index (χ1) is 7.76. The van der Waals surface area contributed by atoms with E-state index >= 15 is 0 Å². The summed E-state index contributed by atoms with van der Waals surface area (Å²) in [5.41, 5.74) is 1.36. The molecule has 0 radical (unpaired) electrons. The lowest BCUT2D eigenvalue weighted by atomic mass is 10.0. The Balaban J connectivity index is 2.50. The molecule has 2 atom stereocenters. The Labute approximate surface area is 98.7 Å². The number of aliphatic hydroxyl groups is 1. The van der Waals surface area contributed by atoms with Crippen molar-refractivity contribution in [2.24, 2.45) is 0 Å². The third-order valence-electron chi connectivity index (χ3n) is 2.76. The van der Waals surface area contributed by atoms with E-state index in [0.29, 0.717) is 6.04 Å². The second-order valence-corrected chi connectivity index (χ2v) is 4.43. The third-order valence-corrected chi connectivity index (χ3v) is 2.76. The monoisotopic (exact) mass is 221 g/mol. The molecule has 0 aromatic heterocycles. The van der Waals surface area contributed by atoms with Crippen LogP contribution in [0.5, 0.6) is 0 Å². The van der Waals surface area contributed by atoms with E-state index in [4.69, 9.17) is 5.11 Å². The van der Waals surface area contributed by atoms with Gasteiger partial charge in [-0.2, -0.15) is 0 Å². The Morgan fingerprint density at radius 3 is 2.50 bits per heavy atom. The lowest BCUT2D eigenvalue weighted by Gasteiger charge is -2.22. The van der Waals surface area contributed by atoms with Crippen molar-refractivity contribution in [3.05, 3.63) is 35.9 Å². The lowest BCUT2D eigenvalue weighted by molar-refractivity contribution is 0.237. The summed E-state index contributed by atoms with van der Waals surface area (Å²) >= 11 is 0. The van der Waals surface area contributed by atoms with Crippen LogP contribution in [0.4, 0.5) is 0 Å². The maximum absolute atomic E-state index is 9.06. The first-order valence-corrected chi connectivity index (χ1v) is 6.17. The molecule has 0 spiro atoms. The molecule has 2 heteroatoms. The van der Waals surface area contributed by atoms with Crippen molar-refractivity contribution in [2.45, 2.75) is 45.2 Å². The van der Waals surface area contributed by atoms with Gasteiger partial charge in [0, 0.05) is 12.1 Å². The summed E-state index contributed by atoms with van der Waals surface area (Å²) in [5, 5.41) is 12.5. The molecule has 0 fully saturated rings. The Kier molecular flexibility index (Phi) is 6.12. The Morgan fingerprint density at radius 1 is 1.25 bits per heavy atom. The van der Waals surface area contributed by atoms with Crippen molar-refractivity contribution in [2.75, 3.05) is 6.61 Å². The highest BCUT2D eigenvalue weighted by molar-refractivity contribution is 5.15. The molecule has 0 aliphatic heterocycles. The van der Waals surface area contributed by atoms with Crippen LogP contribution in [0.3, 0.4) is 0 Å². The molecule has 0 saturated carbocycles. The molecule has 0 amide bonds. The minimum Gasteiger partial charge on any atom is -0.395 e. The van der Waals surface area contributed by atoms with Crippen LogP contribution in [0.15, 0.2) is 30.3 Å². The molecular formula is C14H23NO. The van der Waals surface area contributed by atoms with E-state index in [1.807, 2.05) is 13.0 Å². The quantitative estimate of drug-likeness (QED) is 0.741. The summed E-state index contributed by atoms with van der Waals surface area (Å²) in [7, 11) is 0. The van der Waals surface area contributed by atoms with Gasteiger partial charge in [-0.3, -0.25) is 0 Å². The van der Waals surface area contributed by atoms with Crippen LogP contribution in [0.2, 0.25) is 0 Å². The van der Waals surface area contributed by atoms with E-state index in [0.717, 1.165) is 12.8 Å². The van der Waals surface area contributed by atoms with E-state index < -0.39 is 0 Å². The van der Waals surface area contributed by atoms with Crippen molar-refractivity contribution < 1.29 is 5.11 Å². The second-order valence-electron chi connectivity index (χ2n) is 4.43. The summed E-state index contributed by atoms with van der Waals surface area (Å²) < 4.78 is 0. The molecule has 1 rings (SSSR count). The molecule has 0 heterocycles. The predicted molar refractivity (Wildman–Crippen MR) is 68.5 cm³/mol. The van der Waals surface area contributed by atoms with Crippen LogP contribution in [0.25, 0.3) is 0 Å². The van der Waals surface area contributed by atoms with Gasteiger partial charge in [-0.25, -0.2) is 0 Å². The van der Waals surface area contributed by atoms with E-state index in [1.54, 1.807) is 0 Å². The molecule has 1 aromatic rings. The van der Waals surface area contributed by atoms with Crippen LogP contribution in [0, 0.1) is 0 Å². The highest BCUT2D eigenvalue weighted by atomic mass is 16.3. The molecule has 0 bridgehead atoms. The van der Waals surface area contributed by atoms with Crippen molar-refractivity contribution in [1.29, 1.82) is 0 Å². The summed E-state index contributed by atoms with van der Waals surface area (Å²) in [6, 6.07) is 11.2. The van der Waals surface area contributed by atoms with Gasteiger partial charge >= 0.3 is 0 Å². The Bertz CT molecular complexity index is 273. The highest BCUT2D eigenvalue weighted by Crippen LogP contribution is 2.08. The van der Waals surface area contributed by atoms with Gasteiger partial charge in [-0.1, -0.05) is 43.7 Å². The maximum Gasteiger partial charge on any atom is 0.0582 e. The topological polar surface area (TPSA) is 32.3 Å². The molecule has 16 heavy (non-hydrogen) atoms. The van der Waals surface area contributed by atoms with Crippen LogP contribution in [-0.2, 0) is 6.42 Å². The number of benzene rings is 1. The van der Waals surface area contributed by atoms with E-state index in [2.05, 4.69) is 36.5 Å². The average molecular weight is 221 g/mol. The predicted octanol–water partition coefficient (Wildman–Crippen LogP) is 2.37. The number of hydrogen-bond acceptors (Lipinski definition) is 2. The van der Waals surface area contributed by atoms with Gasteiger partial charge in [0.1, 0.15) is 0 Å². The van der Waals surface area contributed by atoms with Crippen LogP contribution in [0.1, 0.15) is 32.3 Å². The minimum atomic E-state index is 0.181. The maximum atomic E-state index is 9.06. The van der Waals surface area contributed by atoms with Gasteiger partial charge < -0.3 is 10.4 Å². The van der Waals surface area contributed by atoms with E-state index in [9.17, 15) is 0 Å². The molecule has 2 N–H and O–H groups in total. The highest BCUT2D eigenvalue weighted by Gasteiger charge is 2.11. The van der Waals surface area contributed by atoms with E-state index in [-0.39, 0.29) is 12.6 Å². The number of rotatable bonds is 7. The average Bonchev–Trinajstić information content (AvgIpc) is 2.30. The number of hydrogen-bond donors (Lipinski definition) is 2. The summed E-state index contributed by atoms with van der Waals surface area (Å²) in [6.07, 6.45) is 3.36. The van der Waals surface area contributed by atoms with Gasteiger partial charge in [0.25, 0.3) is 0 Å². The Hall–Kier alpha value is -0.860. The van der Waals surface area contributed by atoms with Gasteiger partial charge in [0.2, 0.25) is 0 Å². The zero-order valence-electron chi connectivity index (χ0n) is 10.3. The first-order valence-electron chi connectivity index (χ1n) is 6.17. The molecule has 90 valence electrons. The van der Waals surface area contributed by atoms with E-state index in [1.165, 1.54) is 12.0 Å². The van der Waals surface area contributed by atoms with Crippen LogP contribution in [-0.4, -0.2) is 23.8 Å². The molecule has 0 aliphatic rings. The molecular weight excluding hydrogens is 198 g/mol. The standard InChI is InChI=1S/C14H23NO/c1-3-7-14(15-12(2)11-16)10-13-8-5-4-6-9-13/h4-6,8-9,12,14-16H,3,7,10-11H2,1-2H3. The van der Waals surface area contributed by atoms with Gasteiger partial charge in [0.15, 0.2) is 0 Å². The number of aliphatic hydroxyl groups excluding tert-OH is 1. The largest absolute Gasteiger partial charge is 0.395 e. The van der Waals surface area contributed by atoms with Crippen molar-refractivity contribution in [1.82, 2.24) is 5.32 Å². The Morgan fingerprint density at radius 2 is 1.94 bits per heavy atom. The molecule has 0 aliphatic carbocycles. The summed E-state index contributed by atoms with van der Waals surface area (Å²) in [4.78, 5) is 0. The van der Waals surface area contributed by atoms with Crippen LogP contribution >= 0.6 is 0 Å². The van der Waals surface area contributed by atoms with Crippen molar-refractivity contribution in [3.8, 4) is 0 Å². The fourth-order valence-corrected chi connectivity index (χ4v) is 1.95. The number of nitrogens with one attached hydrogen (secondary N) is 1. The van der Waals surface area contributed by atoms with Crippen molar-refractivity contribution in [3.63, 3.8) is 0 Å². The molecule has 1 aromatic carbocycles. The summed E-state index contributed by atoms with van der Waals surface area (Å²) in [6.45, 7) is 4.42. The van der Waals surface area contributed by atoms with Gasteiger partial charge in [-0.05, 0) is 25.3 Å². The SMILES string of the molecule is CCCC(Cc1ccccc1)NC(C)CO. The normalized spacial score (nSPS) is 14.7. The minimum absolute atomic E-state index is 0.181. The lowest BCUT2D eigenvalue weighted by Crippen LogP contribution is -2.39. The zero-order valence-corrected chi connectivity index (χ0v) is 10.3. The van der Waals surface area contributed by atoms with Crippen LogP contribution < -0.4 is 5.32 Å². The fraction of sp³-hybridized carbons (Fsp3) is 0.571. The van der Waals surface area contributed by atoms with Gasteiger partial charge in [-0.15, -0.1) is 0 Å². The fourth-order valence-electron chi connectivity index (χ4n) is 1.95. The molecule has 2 unspecified atom stereocenters. The zero-order chi connectivity index (χ0) is 11.8. The van der Waals surface area contributed by atoms with Crippen molar-refractivity contribution >= 4 is 0 Å².